The lowest BCUT2D eigenvalue weighted by atomic mass is 10.2. The minimum absolute atomic E-state index is 0.142. The first kappa shape index (κ1) is 16.6. The Kier molecular flexibility index (Phi) is 5.80. The molecule has 0 aromatic carbocycles. The largest absolute Gasteiger partial charge is 0.348 e. The fraction of sp³-hybridized carbons (Fsp3) is 0.294. The van der Waals surface area contributed by atoms with Gasteiger partial charge in [-0.1, -0.05) is 19.9 Å². The van der Waals surface area contributed by atoms with Gasteiger partial charge in [0.15, 0.2) is 0 Å². The molecule has 0 aliphatic carbocycles. The number of nitrogens with zero attached hydrogens (tertiary/aromatic N) is 2. The quantitative estimate of drug-likeness (QED) is 0.857. The van der Waals surface area contributed by atoms with Gasteiger partial charge in [0.1, 0.15) is 5.82 Å². The molecule has 0 aliphatic rings. The number of nitrogens with one attached hydrogen (secondary N) is 2. The predicted molar refractivity (Wildman–Crippen MR) is 87.9 cm³/mol. The lowest BCUT2D eigenvalue weighted by molar-refractivity contribution is -0.115. The highest BCUT2D eigenvalue weighted by molar-refractivity contribution is 5.96. The van der Waals surface area contributed by atoms with Gasteiger partial charge >= 0.3 is 0 Å². The summed E-state index contributed by atoms with van der Waals surface area (Å²) in [6.07, 6.45) is 4.51. The number of aromatic nitrogens is 2. The van der Waals surface area contributed by atoms with Crippen LogP contribution in [0.2, 0.25) is 0 Å². The molecule has 6 heteroatoms. The molecule has 2 rings (SSSR count). The Labute approximate surface area is 135 Å². The number of anilines is 1. The highest BCUT2D eigenvalue weighted by Gasteiger charge is 2.08. The third-order valence-corrected chi connectivity index (χ3v) is 3.31. The van der Waals surface area contributed by atoms with E-state index in [0.717, 1.165) is 17.7 Å². The first-order valence-electron chi connectivity index (χ1n) is 7.60. The molecule has 2 heterocycles. The van der Waals surface area contributed by atoms with E-state index >= 15 is 0 Å². The van der Waals surface area contributed by atoms with Crippen LogP contribution in [0.1, 0.15) is 41.9 Å². The van der Waals surface area contributed by atoms with Gasteiger partial charge in [-0.15, -0.1) is 0 Å². The van der Waals surface area contributed by atoms with Crippen molar-refractivity contribution in [3.05, 3.63) is 53.5 Å². The Morgan fingerprint density at radius 3 is 2.61 bits per heavy atom. The second-order valence-corrected chi connectivity index (χ2v) is 5.03. The van der Waals surface area contributed by atoms with Crippen LogP contribution in [0, 0.1) is 0 Å². The van der Waals surface area contributed by atoms with Crippen LogP contribution in [-0.4, -0.2) is 21.8 Å². The van der Waals surface area contributed by atoms with Gasteiger partial charge in [0.2, 0.25) is 5.91 Å². The van der Waals surface area contributed by atoms with E-state index in [0.29, 0.717) is 24.3 Å². The maximum Gasteiger partial charge on any atom is 0.251 e. The summed E-state index contributed by atoms with van der Waals surface area (Å²) < 4.78 is 0. The molecule has 2 aromatic rings. The first-order valence-corrected chi connectivity index (χ1v) is 7.60. The van der Waals surface area contributed by atoms with Gasteiger partial charge in [-0.2, -0.15) is 0 Å². The maximum absolute atomic E-state index is 12.2. The molecule has 0 aliphatic heterocycles. The lowest BCUT2D eigenvalue weighted by Crippen LogP contribution is -2.23. The van der Waals surface area contributed by atoms with Gasteiger partial charge in [-0.3, -0.25) is 14.6 Å². The van der Waals surface area contributed by atoms with E-state index in [1.54, 1.807) is 25.3 Å². The number of aryl methyl sites for hydroxylation is 1. The summed E-state index contributed by atoms with van der Waals surface area (Å²) in [4.78, 5) is 31.9. The van der Waals surface area contributed by atoms with Crippen molar-refractivity contribution in [2.45, 2.75) is 33.2 Å². The molecular formula is C17H20N4O2. The molecule has 0 unspecified atom stereocenters. The summed E-state index contributed by atoms with van der Waals surface area (Å²) in [6, 6.07) is 7.06. The number of carbonyl (C=O) groups excluding carboxylic acids is 2. The van der Waals surface area contributed by atoms with Crippen LogP contribution in [0.15, 0.2) is 36.7 Å². The van der Waals surface area contributed by atoms with Gasteiger partial charge in [-0.05, 0) is 30.2 Å². The molecule has 0 fully saturated rings. The lowest BCUT2D eigenvalue weighted by Gasteiger charge is -2.07. The number of hydrogen-bond acceptors (Lipinski definition) is 4. The van der Waals surface area contributed by atoms with Gasteiger partial charge < -0.3 is 10.6 Å². The zero-order valence-corrected chi connectivity index (χ0v) is 13.3. The zero-order valence-electron chi connectivity index (χ0n) is 13.3. The molecule has 2 aromatic heterocycles. The highest BCUT2D eigenvalue weighted by Crippen LogP contribution is 2.08. The summed E-state index contributed by atoms with van der Waals surface area (Å²) >= 11 is 0. The molecule has 6 nitrogen and oxygen atoms in total. The third kappa shape index (κ3) is 4.88. The van der Waals surface area contributed by atoms with Crippen LogP contribution in [0.3, 0.4) is 0 Å². The standard InChI is InChI=1S/C17H20N4O2/c1-3-14-6-5-12(10-19-14)11-20-17(23)13-7-8-18-15(9-13)21-16(22)4-2/h5-10H,3-4,11H2,1-2H3,(H,20,23)(H,18,21,22). The van der Waals surface area contributed by atoms with Gasteiger partial charge in [0.05, 0.1) is 0 Å². The van der Waals surface area contributed by atoms with Crippen molar-refractivity contribution in [3.63, 3.8) is 0 Å². The number of pyridine rings is 2. The smallest absolute Gasteiger partial charge is 0.251 e. The van der Waals surface area contributed by atoms with E-state index in [1.165, 1.54) is 6.20 Å². The SMILES string of the molecule is CCC(=O)Nc1cc(C(=O)NCc2ccc(CC)nc2)ccn1. The molecule has 0 spiro atoms. The first-order chi connectivity index (χ1) is 11.1. The number of carbonyl (C=O) groups is 2. The van der Waals surface area contributed by atoms with Crippen molar-refractivity contribution < 1.29 is 9.59 Å². The molecule has 0 saturated heterocycles. The monoisotopic (exact) mass is 312 g/mol. The van der Waals surface area contributed by atoms with Crippen molar-refractivity contribution in [3.8, 4) is 0 Å². The summed E-state index contributed by atoms with van der Waals surface area (Å²) in [6.45, 7) is 4.20. The number of rotatable bonds is 6. The molecule has 0 atom stereocenters. The van der Waals surface area contributed by atoms with Gasteiger partial charge in [0.25, 0.3) is 5.91 Å². The van der Waals surface area contributed by atoms with Crippen LogP contribution >= 0.6 is 0 Å². The van der Waals surface area contributed by atoms with E-state index in [9.17, 15) is 9.59 Å². The van der Waals surface area contributed by atoms with E-state index in [1.807, 2.05) is 19.1 Å². The van der Waals surface area contributed by atoms with Crippen LogP contribution in [-0.2, 0) is 17.8 Å². The van der Waals surface area contributed by atoms with Crippen LogP contribution in [0.4, 0.5) is 5.82 Å². The minimum Gasteiger partial charge on any atom is -0.348 e. The average molecular weight is 312 g/mol. The molecule has 2 N–H and O–H groups in total. The normalized spacial score (nSPS) is 10.2. The molecular weight excluding hydrogens is 292 g/mol. The minimum atomic E-state index is -0.223. The summed E-state index contributed by atoms with van der Waals surface area (Å²) in [5, 5.41) is 5.46. The maximum atomic E-state index is 12.2. The fourth-order valence-electron chi connectivity index (χ4n) is 1.92. The second kappa shape index (κ2) is 8.03. The van der Waals surface area contributed by atoms with E-state index in [4.69, 9.17) is 0 Å². The van der Waals surface area contributed by atoms with Gasteiger partial charge in [0, 0.05) is 36.6 Å². The Hall–Kier alpha value is -2.76. The van der Waals surface area contributed by atoms with E-state index < -0.39 is 0 Å². The molecule has 0 saturated carbocycles. The van der Waals surface area contributed by atoms with Crippen molar-refractivity contribution in [2.75, 3.05) is 5.32 Å². The Balaban J connectivity index is 1.97. The van der Waals surface area contributed by atoms with Crippen molar-refractivity contribution in [2.24, 2.45) is 0 Å². The molecule has 0 radical (unpaired) electrons. The predicted octanol–water partition coefficient (Wildman–Crippen LogP) is 2.32. The summed E-state index contributed by atoms with van der Waals surface area (Å²) in [5.74, 6) is 0.00887. The van der Waals surface area contributed by atoms with Crippen molar-refractivity contribution in [1.29, 1.82) is 0 Å². The van der Waals surface area contributed by atoms with Crippen LogP contribution in [0.25, 0.3) is 0 Å². The van der Waals surface area contributed by atoms with Crippen LogP contribution in [0.5, 0.6) is 0 Å². The topological polar surface area (TPSA) is 84.0 Å². The molecule has 0 bridgehead atoms. The van der Waals surface area contributed by atoms with Gasteiger partial charge in [-0.25, -0.2) is 4.98 Å². The zero-order chi connectivity index (χ0) is 16.7. The molecule has 23 heavy (non-hydrogen) atoms. The number of hydrogen-bond donors (Lipinski definition) is 2. The van der Waals surface area contributed by atoms with Crippen molar-refractivity contribution in [1.82, 2.24) is 15.3 Å². The van der Waals surface area contributed by atoms with E-state index in [2.05, 4.69) is 20.6 Å². The fourth-order valence-corrected chi connectivity index (χ4v) is 1.92. The third-order valence-electron chi connectivity index (χ3n) is 3.31. The molecule has 2 amide bonds. The summed E-state index contributed by atoms with van der Waals surface area (Å²) in [5.41, 5.74) is 2.40. The van der Waals surface area contributed by atoms with Crippen molar-refractivity contribution >= 4 is 17.6 Å². The Morgan fingerprint density at radius 1 is 1.13 bits per heavy atom. The second-order valence-electron chi connectivity index (χ2n) is 5.03. The summed E-state index contributed by atoms with van der Waals surface area (Å²) in [7, 11) is 0. The van der Waals surface area contributed by atoms with E-state index in [-0.39, 0.29) is 11.8 Å². The molecule has 120 valence electrons. The Morgan fingerprint density at radius 2 is 1.96 bits per heavy atom. The number of amides is 2. The highest BCUT2D eigenvalue weighted by atomic mass is 16.2. The average Bonchev–Trinajstić information content (AvgIpc) is 2.60. The van der Waals surface area contributed by atoms with Crippen LogP contribution < -0.4 is 10.6 Å². The Bertz CT molecular complexity index is 683.